The Kier molecular flexibility index (Phi) is 3.89. The minimum atomic E-state index is -1.03. The summed E-state index contributed by atoms with van der Waals surface area (Å²) in [5.41, 5.74) is 2.34. The van der Waals surface area contributed by atoms with Crippen molar-refractivity contribution < 1.29 is 14.7 Å². The minimum absolute atomic E-state index is 0.0790. The van der Waals surface area contributed by atoms with Crippen LogP contribution >= 0.6 is 0 Å². The molecule has 1 aromatic carbocycles. The van der Waals surface area contributed by atoms with Gasteiger partial charge in [-0.3, -0.25) is 14.5 Å². The second-order valence-corrected chi connectivity index (χ2v) is 7.58. The maximum Gasteiger partial charge on any atom is 0.356 e. The van der Waals surface area contributed by atoms with E-state index in [4.69, 9.17) is 0 Å². The average molecular weight is 376 g/mol. The molecule has 3 aromatic rings. The van der Waals surface area contributed by atoms with E-state index in [0.717, 1.165) is 23.0 Å². The monoisotopic (exact) mass is 376 g/mol. The van der Waals surface area contributed by atoms with E-state index in [2.05, 4.69) is 10.1 Å². The first-order valence-corrected chi connectivity index (χ1v) is 9.55. The average Bonchev–Trinajstić information content (AvgIpc) is 3.46. The molecule has 5 rings (SSSR count). The van der Waals surface area contributed by atoms with E-state index in [1.54, 1.807) is 17.3 Å². The van der Waals surface area contributed by atoms with Crippen LogP contribution < -0.4 is 0 Å². The molecule has 0 atom stereocenters. The number of aromatic nitrogens is 3. The maximum atomic E-state index is 13.2. The highest BCUT2D eigenvalue weighted by atomic mass is 16.4. The molecule has 1 aliphatic heterocycles. The van der Waals surface area contributed by atoms with E-state index in [-0.39, 0.29) is 18.1 Å². The number of carbonyl (C=O) groups is 2. The molecule has 1 amide bonds. The molecule has 1 aliphatic carbocycles. The predicted octanol–water partition coefficient (Wildman–Crippen LogP) is 2.74. The number of nitrogens with zero attached hydrogens (tertiary/aromatic N) is 4. The predicted molar refractivity (Wildman–Crippen MR) is 102 cm³/mol. The lowest BCUT2D eigenvalue weighted by molar-refractivity contribution is 0.0674. The van der Waals surface area contributed by atoms with Crippen molar-refractivity contribution in [2.75, 3.05) is 6.54 Å². The van der Waals surface area contributed by atoms with E-state index in [0.29, 0.717) is 30.0 Å². The summed E-state index contributed by atoms with van der Waals surface area (Å²) in [5.74, 6) is -0.514. The lowest BCUT2D eigenvalue weighted by Crippen LogP contribution is -2.37. The number of fused-ring (bicyclic) bond motifs is 2. The molecule has 2 aliphatic rings. The summed E-state index contributed by atoms with van der Waals surface area (Å²) in [6.07, 6.45) is 6.40. The van der Waals surface area contributed by atoms with Crippen LogP contribution in [0.25, 0.3) is 10.8 Å². The van der Waals surface area contributed by atoms with Gasteiger partial charge < -0.3 is 10.0 Å². The highest BCUT2D eigenvalue weighted by Crippen LogP contribution is 2.33. The van der Waals surface area contributed by atoms with Crippen LogP contribution in [0, 0.1) is 5.92 Å². The second-order valence-electron chi connectivity index (χ2n) is 7.58. The summed E-state index contributed by atoms with van der Waals surface area (Å²) in [5, 5.41) is 15.7. The highest BCUT2D eigenvalue weighted by molar-refractivity contribution is 6.06. The third-order valence-corrected chi connectivity index (χ3v) is 5.66. The topological polar surface area (TPSA) is 88.3 Å². The third kappa shape index (κ3) is 2.83. The molecular formula is C21H20N4O3. The molecule has 1 N–H and O–H groups in total. The van der Waals surface area contributed by atoms with Crippen molar-refractivity contribution in [2.45, 2.75) is 32.4 Å². The first-order chi connectivity index (χ1) is 13.6. The Bertz CT molecular complexity index is 1090. The molecule has 3 heterocycles. The van der Waals surface area contributed by atoms with Gasteiger partial charge in [0.25, 0.3) is 5.91 Å². The molecule has 142 valence electrons. The summed E-state index contributed by atoms with van der Waals surface area (Å²) in [4.78, 5) is 30.8. The Hall–Kier alpha value is -3.22. The standard InChI is InChI=1S/C21H20N4O3/c26-20(16-3-1-2-14-10-22-8-6-15(14)16)24-9-7-18-17(12-24)19(21(27)28)23-25(18)11-13-4-5-13/h1-3,6,8,10,13H,4-5,7,9,11-12H2,(H,27,28). The molecule has 0 spiro atoms. The molecule has 7 nitrogen and oxygen atoms in total. The molecule has 0 unspecified atom stereocenters. The summed E-state index contributed by atoms with van der Waals surface area (Å²) in [6.45, 7) is 1.62. The van der Waals surface area contributed by atoms with Crippen molar-refractivity contribution >= 4 is 22.6 Å². The first-order valence-electron chi connectivity index (χ1n) is 9.55. The van der Waals surface area contributed by atoms with Crippen LogP contribution in [-0.4, -0.2) is 43.2 Å². The summed E-state index contributed by atoms with van der Waals surface area (Å²) in [6, 6.07) is 7.43. The van der Waals surface area contributed by atoms with Crippen LogP contribution in [0.5, 0.6) is 0 Å². The van der Waals surface area contributed by atoms with Gasteiger partial charge in [0.2, 0.25) is 0 Å². The number of hydrogen-bond donors (Lipinski definition) is 1. The zero-order valence-corrected chi connectivity index (χ0v) is 15.3. The molecule has 2 aromatic heterocycles. The SMILES string of the molecule is O=C(O)c1nn(CC2CC2)c2c1CN(C(=O)c1cccc3cnccc13)CC2. The van der Waals surface area contributed by atoms with Crippen LogP contribution in [-0.2, 0) is 19.5 Å². The fourth-order valence-electron chi connectivity index (χ4n) is 4.01. The van der Waals surface area contributed by atoms with Gasteiger partial charge in [-0.2, -0.15) is 5.10 Å². The molecule has 1 fully saturated rings. The Labute approximate surface area is 161 Å². The molecule has 0 radical (unpaired) electrons. The van der Waals surface area contributed by atoms with Gasteiger partial charge in [-0.05, 0) is 36.3 Å². The van der Waals surface area contributed by atoms with Crippen LogP contribution in [0.2, 0.25) is 0 Å². The lowest BCUT2D eigenvalue weighted by Gasteiger charge is -2.28. The normalized spacial score (nSPS) is 16.2. The number of amides is 1. The highest BCUT2D eigenvalue weighted by Gasteiger charge is 2.32. The van der Waals surface area contributed by atoms with E-state index >= 15 is 0 Å². The number of carboxylic acids is 1. The number of hydrogen-bond acceptors (Lipinski definition) is 4. The number of carbonyl (C=O) groups excluding carboxylic acids is 1. The molecule has 1 saturated carbocycles. The maximum absolute atomic E-state index is 13.2. The number of pyridine rings is 1. The van der Waals surface area contributed by atoms with Crippen LogP contribution in [0.1, 0.15) is 44.9 Å². The van der Waals surface area contributed by atoms with Crippen LogP contribution in [0.4, 0.5) is 0 Å². The number of aromatic carboxylic acids is 1. The molecule has 7 heteroatoms. The van der Waals surface area contributed by atoms with Crippen LogP contribution in [0.15, 0.2) is 36.7 Å². The van der Waals surface area contributed by atoms with Gasteiger partial charge in [0.05, 0.1) is 6.54 Å². The second kappa shape index (κ2) is 6.44. The van der Waals surface area contributed by atoms with Gasteiger partial charge in [0.15, 0.2) is 5.69 Å². The molecule has 28 heavy (non-hydrogen) atoms. The summed E-state index contributed by atoms with van der Waals surface area (Å²) in [7, 11) is 0. The van der Waals surface area contributed by atoms with Crippen molar-refractivity contribution in [2.24, 2.45) is 5.92 Å². The number of benzene rings is 1. The fraction of sp³-hybridized carbons (Fsp3) is 0.333. The van der Waals surface area contributed by atoms with Gasteiger partial charge in [-0.15, -0.1) is 0 Å². The van der Waals surface area contributed by atoms with E-state index in [1.165, 1.54) is 12.8 Å². The molecule has 0 saturated heterocycles. The van der Waals surface area contributed by atoms with Gasteiger partial charge in [0.1, 0.15) is 0 Å². The van der Waals surface area contributed by atoms with Crippen LogP contribution in [0.3, 0.4) is 0 Å². The summed E-state index contributed by atoms with van der Waals surface area (Å²) >= 11 is 0. The number of rotatable bonds is 4. The van der Waals surface area contributed by atoms with Crippen molar-refractivity contribution in [1.82, 2.24) is 19.7 Å². The zero-order chi connectivity index (χ0) is 19.3. The third-order valence-electron chi connectivity index (χ3n) is 5.66. The van der Waals surface area contributed by atoms with E-state index in [1.807, 2.05) is 28.9 Å². The largest absolute Gasteiger partial charge is 0.476 e. The van der Waals surface area contributed by atoms with Gasteiger partial charge in [-0.25, -0.2) is 4.79 Å². The Morgan fingerprint density at radius 3 is 2.86 bits per heavy atom. The van der Waals surface area contributed by atoms with E-state index < -0.39 is 5.97 Å². The van der Waals surface area contributed by atoms with Gasteiger partial charge in [0, 0.05) is 54.1 Å². The number of carboxylic acid groups (broad SMARTS) is 1. The Balaban J connectivity index is 1.49. The molecular weight excluding hydrogens is 356 g/mol. The quantitative estimate of drug-likeness (QED) is 0.756. The van der Waals surface area contributed by atoms with Crippen molar-refractivity contribution in [3.05, 3.63) is 59.2 Å². The molecule has 0 bridgehead atoms. The zero-order valence-electron chi connectivity index (χ0n) is 15.3. The van der Waals surface area contributed by atoms with Gasteiger partial charge >= 0.3 is 5.97 Å². The minimum Gasteiger partial charge on any atom is -0.476 e. The summed E-state index contributed by atoms with van der Waals surface area (Å²) < 4.78 is 1.86. The van der Waals surface area contributed by atoms with Gasteiger partial charge in [-0.1, -0.05) is 12.1 Å². The fourth-order valence-corrected chi connectivity index (χ4v) is 4.01. The van der Waals surface area contributed by atoms with Crippen molar-refractivity contribution in [3.63, 3.8) is 0 Å². The first kappa shape index (κ1) is 16.9. The van der Waals surface area contributed by atoms with Crippen molar-refractivity contribution in [3.8, 4) is 0 Å². The smallest absolute Gasteiger partial charge is 0.356 e. The Morgan fingerprint density at radius 1 is 1.21 bits per heavy atom. The van der Waals surface area contributed by atoms with Crippen molar-refractivity contribution in [1.29, 1.82) is 0 Å². The van der Waals surface area contributed by atoms with E-state index in [9.17, 15) is 14.7 Å². The Morgan fingerprint density at radius 2 is 2.07 bits per heavy atom. The lowest BCUT2D eigenvalue weighted by atomic mass is 10.0.